The van der Waals surface area contributed by atoms with Gasteiger partial charge in [0.25, 0.3) is 0 Å². The molecule has 0 aliphatic heterocycles. The van der Waals surface area contributed by atoms with Gasteiger partial charge in [-0.2, -0.15) is 0 Å². The Morgan fingerprint density at radius 1 is 1.21 bits per heavy atom. The molecule has 136 valence electrons. The zero-order valence-electron chi connectivity index (χ0n) is 16.0. The fourth-order valence-corrected chi connectivity index (χ4v) is 2.26. The number of hydrogen-bond donors (Lipinski definition) is 0. The van der Waals surface area contributed by atoms with E-state index in [0.717, 1.165) is 0 Å². The highest BCUT2D eigenvalue weighted by molar-refractivity contribution is 5.76. The summed E-state index contributed by atoms with van der Waals surface area (Å²) in [4.78, 5) is 27.3. The molecule has 0 atom stereocenters. The highest BCUT2D eigenvalue weighted by Crippen LogP contribution is 2.28. The molecular weight excluding hydrogens is 310 g/mol. The zero-order chi connectivity index (χ0) is 18.9. The topological polar surface area (TPSA) is 87.3 Å². The Kier molecular flexibility index (Phi) is 5.48. The minimum absolute atomic E-state index is 0.0340. The second-order valence-electron chi connectivity index (χ2n) is 9.04. The monoisotopic (exact) mass is 339 g/mol. The zero-order valence-corrected chi connectivity index (χ0v) is 16.0. The quantitative estimate of drug-likeness (QED) is 0.463. The van der Waals surface area contributed by atoms with Crippen molar-refractivity contribution in [3.05, 3.63) is 22.0 Å². The molecule has 1 aromatic heterocycles. The molecule has 1 rings (SSSR count). The van der Waals surface area contributed by atoms with Crippen LogP contribution in [0.5, 0.6) is 0 Å². The molecule has 0 saturated heterocycles. The van der Waals surface area contributed by atoms with Gasteiger partial charge in [-0.1, -0.05) is 25.8 Å². The predicted octanol–water partition coefficient (Wildman–Crippen LogP) is 3.75. The number of carbonyl (C=O) groups excluding carboxylic acids is 1. The second kappa shape index (κ2) is 6.53. The molecule has 1 heterocycles. The van der Waals surface area contributed by atoms with Crippen molar-refractivity contribution in [3.8, 4) is 0 Å². The molecule has 0 aromatic carbocycles. The largest absolute Gasteiger partial charge is 0.459 e. The molecule has 0 amide bonds. The molecule has 0 spiro atoms. The number of nitrogens with zero attached hydrogens (tertiary/aromatic N) is 3. The highest BCUT2D eigenvalue weighted by Gasteiger charge is 2.36. The van der Waals surface area contributed by atoms with E-state index in [4.69, 9.17) is 4.74 Å². The van der Waals surface area contributed by atoms with Crippen LogP contribution in [0.1, 0.15) is 61.1 Å². The molecule has 24 heavy (non-hydrogen) atoms. The van der Waals surface area contributed by atoms with E-state index in [1.165, 1.54) is 4.57 Å². The Bertz CT molecular complexity index is 619. The average molecular weight is 339 g/mol. The maximum absolute atomic E-state index is 12.4. The van der Waals surface area contributed by atoms with E-state index >= 15 is 0 Å². The number of carbonyl (C=O) groups is 1. The van der Waals surface area contributed by atoms with Crippen LogP contribution >= 0.6 is 0 Å². The van der Waals surface area contributed by atoms with Crippen molar-refractivity contribution in [3.63, 3.8) is 0 Å². The maximum atomic E-state index is 12.4. The summed E-state index contributed by atoms with van der Waals surface area (Å²) in [5, 5.41) is 11.3. The van der Waals surface area contributed by atoms with Crippen LogP contribution in [0.15, 0.2) is 6.20 Å². The minimum atomic E-state index is -0.905. The van der Waals surface area contributed by atoms with Gasteiger partial charge in [-0.3, -0.25) is 4.79 Å². The minimum Gasteiger partial charge on any atom is -0.459 e. The third-order valence-electron chi connectivity index (χ3n) is 3.20. The molecule has 0 radical (unpaired) electrons. The van der Waals surface area contributed by atoms with Crippen molar-refractivity contribution in [1.29, 1.82) is 0 Å². The third-order valence-corrected chi connectivity index (χ3v) is 3.20. The SMILES string of the molecule is CC(C)(C)Cc1cn(CC(C)(C)C(=O)OC(C)(C)C)c([N+](=O)[O-])n1. The lowest BCUT2D eigenvalue weighted by Gasteiger charge is -2.27. The van der Waals surface area contributed by atoms with Gasteiger partial charge >= 0.3 is 11.9 Å². The number of imidazole rings is 1. The summed E-state index contributed by atoms with van der Waals surface area (Å²) in [5.74, 6) is -0.638. The van der Waals surface area contributed by atoms with Gasteiger partial charge in [0.15, 0.2) is 5.69 Å². The first-order chi connectivity index (χ1) is 10.6. The Labute approximate surface area is 143 Å². The van der Waals surface area contributed by atoms with Crippen LogP contribution in [-0.4, -0.2) is 26.0 Å². The molecular formula is C17H29N3O4. The average Bonchev–Trinajstić information content (AvgIpc) is 2.66. The molecule has 7 heteroatoms. The van der Waals surface area contributed by atoms with E-state index in [2.05, 4.69) is 4.98 Å². The lowest BCUT2D eigenvalue weighted by atomic mass is 9.91. The summed E-state index contributed by atoms with van der Waals surface area (Å²) in [6, 6.07) is 0. The van der Waals surface area contributed by atoms with E-state index in [0.29, 0.717) is 12.1 Å². The van der Waals surface area contributed by atoms with E-state index in [9.17, 15) is 14.9 Å². The summed E-state index contributed by atoms with van der Waals surface area (Å²) in [5.41, 5.74) is -0.896. The highest BCUT2D eigenvalue weighted by atomic mass is 16.6. The molecule has 0 unspecified atom stereocenters. The Morgan fingerprint density at radius 2 is 1.75 bits per heavy atom. The van der Waals surface area contributed by atoms with Gasteiger partial charge in [-0.05, 0) is 45.0 Å². The summed E-state index contributed by atoms with van der Waals surface area (Å²) >= 11 is 0. The van der Waals surface area contributed by atoms with E-state index in [-0.39, 0.29) is 17.9 Å². The molecule has 0 bridgehead atoms. The number of esters is 1. The lowest BCUT2D eigenvalue weighted by molar-refractivity contribution is -0.397. The molecule has 1 aromatic rings. The smallest absolute Gasteiger partial charge is 0.434 e. The fourth-order valence-electron chi connectivity index (χ4n) is 2.26. The number of nitro groups is 1. The van der Waals surface area contributed by atoms with Crippen molar-refractivity contribution in [1.82, 2.24) is 9.55 Å². The molecule has 0 aliphatic rings. The Morgan fingerprint density at radius 3 is 2.17 bits per heavy atom. The second-order valence-corrected chi connectivity index (χ2v) is 9.04. The van der Waals surface area contributed by atoms with E-state index in [1.54, 1.807) is 40.8 Å². The van der Waals surface area contributed by atoms with Crippen LogP contribution in [0.4, 0.5) is 5.95 Å². The van der Waals surface area contributed by atoms with Crippen LogP contribution in [0.25, 0.3) is 0 Å². The first kappa shape index (κ1) is 20.1. The summed E-state index contributed by atoms with van der Waals surface area (Å²) in [6.07, 6.45) is 2.28. The first-order valence-corrected chi connectivity index (χ1v) is 8.05. The Hall–Kier alpha value is -1.92. The van der Waals surface area contributed by atoms with E-state index < -0.39 is 21.9 Å². The molecule has 0 aliphatic carbocycles. The van der Waals surface area contributed by atoms with Gasteiger partial charge in [-0.15, -0.1) is 0 Å². The molecule has 7 nitrogen and oxygen atoms in total. The summed E-state index contributed by atoms with van der Waals surface area (Å²) in [6.45, 7) is 15.1. The summed E-state index contributed by atoms with van der Waals surface area (Å²) < 4.78 is 6.86. The molecule has 0 saturated carbocycles. The lowest BCUT2D eigenvalue weighted by Crippen LogP contribution is -2.36. The van der Waals surface area contributed by atoms with Gasteiger partial charge in [0, 0.05) is 6.42 Å². The predicted molar refractivity (Wildman–Crippen MR) is 91.7 cm³/mol. The van der Waals surface area contributed by atoms with Crippen molar-refractivity contribution >= 4 is 11.9 Å². The van der Waals surface area contributed by atoms with Crippen molar-refractivity contribution in [2.24, 2.45) is 10.8 Å². The van der Waals surface area contributed by atoms with Crippen molar-refractivity contribution < 1.29 is 14.5 Å². The normalized spacial score (nSPS) is 13.0. The Balaban J connectivity index is 3.08. The molecule has 0 fully saturated rings. The van der Waals surface area contributed by atoms with Crippen molar-refractivity contribution in [2.45, 2.75) is 74.0 Å². The van der Waals surface area contributed by atoms with Gasteiger partial charge in [0.05, 0.1) is 12.0 Å². The number of hydrogen-bond acceptors (Lipinski definition) is 5. The summed E-state index contributed by atoms with van der Waals surface area (Å²) in [7, 11) is 0. The van der Waals surface area contributed by atoms with Crippen LogP contribution in [0.3, 0.4) is 0 Å². The maximum Gasteiger partial charge on any atom is 0.434 e. The van der Waals surface area contributed by atoms with Crippen LogP contribution in [0.2, 0.25) is 0 Å². The number of ether oxygens (including phenoxy) is 1. The third kappa shape index (κ3) is 5.94. The van der Waals surface area contributed by atoms with Gasteiger partial charge in [0.1, 0.15) is 11.8 Å². The van der Waals surface area contributed by atoms with E-state index in [1.807, 2.05) is 20.8 Å². The first-order valence-electron chi connectivity index (χ1n) is 8.05. The number of rotatable bonds is 5. The van der Waals surface area contributed by atoms with Crippen LogP contribution in [0, 0.1) is 20.9 Å². The van der Waals surface area contributed by atoms with Crippen LogP contribution in [-0.2, 0) is 22.5 Å². The molecule has 0 N–H and O–H groups in total. The van der Waals surface area contributed by atoms with Crippen LogP contribution < -0.4 is 0 Å². The number of aromatic nitrogens is 2. The standard InChI is InChI=1S/C17H29N3O4/c1-15(2,3)9-12-10-19(14(18-12)20(22)23)11-17(7,8)13(21)24-16(4,5)6/h10H,9,11H2,1-8H3. The van der Waals surface area contributed by atoms with Gasteiger partial charge < -0.3 is 14.9 Å². The van der Waals surface area contributed by atoms with Gasteiger partial charge in [-0.25, -0.2) is 4.57 Å². The van der Waals surface area contributed by atoms with Crippen molar-refractivity contribution in [2.75, 3.05) is 0 Å². The van der Waals surface area contributed by atoms with Gasteiger partial charge in [0.2, 0.25) is 0 Å². The fraction of sp³-hybridized carbons (Fsp3) is 0.765.